The maximum atomic E-state index is 12.3. The van der Waals surface area contributed by atoms with Crippen LogP contribution in [-0.4, -0.2) is 29.8 Å². The number of aromatic nitrogens is 2. The Balaban J connectivity index is 1.57. The number of hydrogen-bond acceptors (Lipinski definition) is 7. The number of anilines is 1. The van der Waals surface area contributed by atoms with Crippen molar-refractivity contribution in [3.8, 4) is 23.4 Å². The van der Waals surface area contributed by atoms with Gasteiger partial charge in [-0.3, -0.25) is 9.89 Å². The minimum Gasteiger partial charge on any atom is -0.493 e. The predicted octanol–water partition coefficient (Wildman–Crippen LogP) is 3.62. The summed E-state index contributed by atoms with van der Waals surface area (Å²) in [6, 6.07) is 14.2. The van der Waals surface area contributed by atoms with Crippen LogP contribution in [0.1, 0.15) is 22.7 Å². The molecule has 0 bridgehead atoms. The molecule has 0 radical (unpaired) electrons. The van der Waals surface area contributed by atoms with E-state index in [9.17, 15) is 10.1 Å². The van der Waals surface area contributed by atoms with Gasteiger partial charge < -0.3 is 25.3 Å². The van der Waals surface area contributed by atoms with E-state index in [2.05, 4.69) is 21.6 Å². The van der Waals surface area contributed by atoms with Gasteiger partial charge in [0.1, 0.15) is 11.6 Å². The van der Waals surface area contributed by atoms with E-state index in [1.807, 2.05) is 6.92 Å². The molecule has 0 spiro atoms. The predicted molar refractivity (Wildman–Crippen MR) is 121 cm³/mol. The lowest BCUT2D eigenvalue weighted by molar-refractivity contribution is -0.118. The van der Waals surface area contributed by atoms with E-state index in [0.717, 1.165) is 16.8 Å². The highest BCUT2D eigenvalue weighted by Crippen LogP contribution is 2.44. The average molecular weight is 466 g/mol. The first-order valence-electron chi connectivity index (χ1n) is 9.90. The second-order valence-electron chi connectivity index (χ2n) is 7.22. The number of carbonyl (C=O) groups is 1. The van der Waals surface area contributed by atoms with Crippen molar-refractivity contribution < 1.29 is 19.0 Å². The van der Waals surface area contributed by atoms with Crippen LogP contribution < -0.4 is 25.3 Å². The van der Waals surface area contributed by atoms with Crippen LogP contribution in [0.2, 0.25) is 5.02 Å². The van der Waals surface area contributed by atoms with Crippen LogP contribution in [-0.2, 0) is 4.79 Å². The van der Waals surface area contributed by atoms with Crippen molar-refractivity contribution in [3.05, 3.63) is 75.8 Å². The monoisotopic (exact) mass is 465 g/mol. The first-order valence-corrected chi connectivity index (χ1v) is 10.3. The Morgan fingerprint density at radius 1 is 1.33 bits per heavy atom. The number of H-pyrrole nitrogens is 1. The topological polar surface area (TPSA) is 135 Å². The van der Waals surface area contributed by atoms with Gasteiger partial charge in [-0.05, 0) is 36.8 Å². The van der Waals surface area contributed by atoms with Crippen molar-refractivity contribution in [3.63, 3.8) is 0 Å². The zero-order chi connectivity index (χ0) is 23.5. The number of methoxy groups -OCH3 is 1. The largest absolute Gasteiger partial charge is 0.493 e. The van der Waals surface area contributed by atoms with Gasteiger partial charge in [-0.15, -0.1) is 5.10 Å². The third-order valence-corrected chi connectivity index (χ3v) is 5.49. The number of carbonyl (C=O) groups excluding carboxylic acids is 1. The maximum Gasteiger partial charge on any atom is 0.262 e. The number of halogens is 1. The molecule has 0 saturated heterocycles. The number of benzene rings is 2. The fourth-order valence-corrected chi connectivity index (χ4v) is 3.79. The molecular formula is C23H20ClN5O4. The summed E-state index contributed by atoms with van der Waals surface area (Å²) in [5.41, 5.74) is 8.93. The first-order chi connectivity index (χ1) is 15.9. The number of amides is 1. The lowest BCUT2D eigenvalue weighted by Gasteiger charge is -2.24. The number of nitriles is 1. The van der Waals surface area contributed by atoms with Crippen molar-refractivity contribution in [2.45, 2.75) is 12.8 Å². The molecule has 2 heterocycles. The number of aryl methyl sites for hydroxylation is 1. The normalized spacial score (nSPS) is 14.7. The Morgan fingerprint density at radius 3 is 2.85 bits per heavy atom. The first kappa shape index (κ1) is 22.0. The average Bonchev–Trinajstić information content (AvgIpc) is 3.18. The number of allylic oxidation sites excluding steroid dienone is 1. The Labute approximate surface area is 194 Å². The van der Waals surface area contributed by atoms with Gasteiger partial charge in [0.25, 0.3) is 5.91 Å². The highest BCUT2D eigenvalue weighted by molar-refractivity contribution is 6.33. The molecule has 1 aliphatic heterocycles. The van der Waals surface area contributed by atoms with Crippen LogP contribution in [0.4, 0.5) is 5.69 Å². The van der Waals surface area contributed by atoms with Crippen molar-refractivity contribution in [2.24, 2.45) is 5.73 Å². The van der Waals surface area contributed by atoms with E-state index in [-0.39, 0.29) is 24.0 Å². The molecule has 0 saturated carbocycles. The lowest BCUT2D eigenvalue weighted by Crippen LogP contribution is -2.21. The van der Waals surface area contributed by atoms with Crippen LogP contribution in [0.5, 0.6) is 17.4 Å². The minimum absolute atomic E-state index is 0.00274. The number of hydrogen-bond donors (Lipinski definition) is 3. The molecule has 1 atom stereocenters. The number of para-hydroxylation sites is 1. The molecule has 1 unspecified atom stereocenters. The van der Waals surface area contributed by atoms with E-state index >= 15 is 0 Å². The van der Waals surface area contributed by atoms with Gasteiger partial charge in [0.2, 0.25) is 11.8 Å². The molecule has 3 aromatic rings. The number of ether oxygens (including phenoxy) is 3. The summed E-state index contributed by atoms with van der Waals surface area (Å²) in [5.74, 6) is 0.204. The Bertz CT molecular complexity index is 1290. The van der Waals surface area contributed by atoms with Crippen LogP contribution in [0.15, 0.2) is 53.9 Å². The van der Waals surface area contributed by atoms with Gasteiger partial charge in [0.15, 0.2) is 18.1 Å². The molecule has 168 valence electrons. The molecule has 1 aromatic heterocycles. The molecule has 33 heavy (non-hydrogen) atoms. The molecule has 0 aliphatic carbocycles. The van der Waals surface area contributed by atoms with Gasteiger partial charge in [-0.2, -0.15) is 5.26 Å². The minimum atomic E-state index is -0.496. The summed E-state index contributed by atoms with van der Waals surface area (Å²) in [6.45, 7) is 1.59. The number of aromatic amines is 1. The van der Waals surface area contributed by atoms with Crippen LogP contribution in [0.3, 0.4) is 0 Å². The Morgan fingerprint density at radius 2 is 2.12 bits per heavy atom. The Kier molecular flexibility index (Phi) is 6.11. The van der Waals surface area contributed by atoms with Crippen LogP contribution in [0, 0.1) is 18.3 Å². The van der Waals surface area contributed by atoms with Gasteiger partial charge >= 0.3 is 0 Å². The van der Waals surface area contributed by atoms with Gasteiger partial charge in [-0.1, -0.05) is 29.8 Å². The van der Waals surface area contributed by atoms with Gasteiger partial charge in [-0.25, -0.2) is 0 Å². The summed E-state index contributed by atoms with van der Waals surface area (Å²) in [7, 11) is 1.49. The smallest absolute Gasteiger partial charge is 0.262 e. The van der Waals surface area contributed by atoms with E-state index in [1.165, 1.54) is 7.11 Å². The van der Waals surface area contributed by atoms with E-state index in [1.54, 1.807) is 42.5 Å². The Hall–Kier alpha value is -4.16. The fraction of sp³-hybridized carbons (Fsp3) is 0.174. The van der Waals surface area contributed by atoms with Crippen molar-refractivity contribution in [1.82, 2.24) is 10.2 Å². The van der Waals surface area contributed by atoms with E-state index in [0.29, 0.717) is 28.1 Å². The van der Waals surface area contributed by atoms with Crippen molar-refractivity contribution in [1.29, 1.82) is 5.26 Å². The summed E-state index contributed by atoms with van der Waals surface area (Å²) >= 11 is 6.07. The second kappa shape index (κ2) is 9.14. The third-order valence-electron chi connectivity index (χ3n) is 5.16. The van der Waals surface area contributed by atoms with E-state index in [4.69, 9.17) is 31.5 Å². The molecule has 0 fully saturated rings. The number of fused-ring (bicyclic) bond motifs is 1. The fourth-order valence-electron chi connectivity index (χ4n) is 3.61. The molecule has 10 heteroatoms. The number of nitrogens with two attached hydrogens (primary N) is 1. The SMILES string of the molecule is COc1cc(C2C(C#N)=C(N)Oc3n[nH]c(C)c32)ccc1OCC(=O)Nc1ccccc1Cl. The van der Waals surface area contributed by atoms with Gasteiger partial charge in [0.05, 0.1) is 23.7 Å². The molecule has 4 rings (SSSR count). The maximum absolute atomic E-state index is 12.3. The van der Waals surface area contributed by atoms with Crippen LogP contribution >= 0.6 is 11.6 Å². The third kappa shape index (κ3) is 4.29. The zero-order valence-corrected chi connectivity index (χ0v) is 18.6. The van der Waals surface area contributed by atoms with E-state index < -0.39 is 5.92 Å². The molecule has 9 nitrogen and oxygen atoms in total. The molecule has 1 amide bonds. The quantitative estimate of drug-likeness (QED) is 0.505. The highest BCUT2D eigenvalue weighted by Gasteiger charge is 2.34. The number of nitrogens with one attached hydrogen (secondary N) is 2. The molecule has 1 aliphatic rings. The second-order valence-corrected chi connectivity index (χ2v) is 7.63. The summed E-state index contributed by atoms with van der Waals surface area (Å²) in [5, 5.41) is 19.8. The highest BCUT2D eigenvalue weighted by atomic mass is 35.5. The van der Waals surface area contributed by atoms with Crippen LogP contribution in [0.25, 0.3) is 0 Å². The zero-order valence-electron chi connectivity index (χ0n) is 17.8. The lowest BCUT2D eigenvalue weighted by atomic mass is 9.84. The molecule has 4 N–H and O–H groups in total. The number of nitrogens with zero attached hydrogens (tertiary/aromatic N) is 2. The number of rotatable bonds is 6. The summed E-state index contributed by atoms with van der Waals surface area (Å²) < 4.78 is 16.6. The molecular weight excluding hydrogens is 446 g/mol. The summed E-state index contributed by atoms with van der Waals surface area (Å²) in [6.07, 6.45) is 0. The summed E-state index contributed by atoms with van der Waals surface area (Å²) in [4.78, 5) is 12.3. The van der Waals surface area contributed by atoms with Crippen molar-refractivity contribution >= 4 is 23.2 Å². The van der Waals surface area contributed by atoms with Gasteiger partial charge in [0, 0.05) is 11.3 Å². The molecule has 2 aromatic carbocycles. The standard InChI is InChI=1S/C23H20ClN5O4/c1-12-20-21(14(10-25)22(26)33-23(20)29-28-12)13-7-8-17(18(9-13)31-2)32-11-19(30)27-16-6-4-3-5-15(16)24/h3-9,21H,11,26H2,1-2H3,(H,27,30)(H,28,29). The van der Waals surface area contributed by atoms with Crippen molar-refractivity contribution in [2.75, 3.05) is 19.0 Å².